The lowest BCUT2D eigenvalue weighted by atomic mass is 9.98. The fraction of sp³-hybridized carbons (Fsp3) is 0.269. The van der Waals surface area contributed by atoms with Gasteiger partial charge in [-0.1, -0.05) is 78.9 Å². The Labute approximate surface area is 184 Å². The van der Waals surface area contributed by atoms with E-state index in [1.54, 1.807) is 4.90 Å². The highest BCUT2D eigenvalue weighted by Crippen LogP contribution is 2.24. The molecule has 0 aliphatic carbocycles. The fourth-order valence-electron chi connectivity index (χ4n) is 4.19. The lowest BCUT2D eigenvalue weighted by Gasteiger charge is -2.29. The minimum Gasteiger partial charge on any atom is -0.330 e. The molecule has 1 aliphatic rings. The Bertz CT molecular complexity index is 1130. The van der Waals surface area contributed by atoms with Crippen LogP contribution in [-0.4, -0.2) is 36.8 Å². The smallest absolute Gasteiger partial charge is 0.254 e. The van der Waals surface area contributed by atoms with Crippen LogP contribution in [0, 0.1) is 0 Å². The monoisotopic (exact) mass is 433 g/mol. The first-order chi connectivity index (χ1) is 15.0. The van der Waals surface area contributed by atoms with Gasteiger partial charge in [0.05, 0.1) is 11.5 Å². The van der Waals surface area contributed by atoms with E-state index >= 15 is 0 Å². The summed E-state index contributed by atoms with van der Waals surface area (Å²) in [6, 6.07) is 27.4. The van der Waals surface area contributed by atoms with E-state index in [1.165, 1.54) is 5.56 Å². The normalized spacial score (nSPS) is 17.4. The summed E-state index contributed by atoms with van der Waals surface area (Å²) in [6.07, 6.45) is 2.10. The minimum absolute atomic E-state index is 0.0394. The van der Waals surface area contributed by atoms with E-state index in [9.17, 15) is 13.2 Å². The van der Waals surface area contributed by atoms with E-state index in [0.717, 1.165) is 24.0 Å². The highest BCUT2D eigenvalue weighted by atomic mass is 32.2. The topological polar surface area (TPSA) is 54.5 Å². The summed E-state index contributed by atoms with van der Waals surface area (Å²) >= 11 is 0. The van der Waals surface area contributed by atoms with Gasteiger partial charge in [0.25, 0.3) is 5.91 Å². The SMILES string of the molecule is O=C(c1ccccc1CCc1ccccc1)N(Cc1ccccc1)C1CCS(=O)(=O)C1. The van der Waals surface area contributed by atoms with Crippen molar-refractivity contribution in [2.75, 3.05) is 11.5 Å². The molecule has 5 heteroatoms. The van der Waals surface area contributed by atoms with E-state index in [1.807, 2.05) is 72.8 Å². The van der Waals surface area contributed by atoms with Crippen molar-refractivity contribution in [1.82, 2.24) is 4.90 Å². The number of carbonyl (C=O) groups is 1. The van der Waals surface area contributed by atoms with Crippen molar-refractivity contribution >= 4 is 15.7 Å². The highest BCUT2D eigenvalue weighted by Gasteiger charge is 2.35. The van der Waals surface area contributed by atoms with Crippen LogP contribution in [0.3, 0.4) is 0 Å². The number of carbonyl (C=O) groups excluding carboxylic acids is 1. The molecule has 0 saturated carbocycles. The first-order valence-electron chi connectivity index (χ1n) is 10.7. The second kappa shape index (κ2) is 9.48. The summed E-state index contributed by atoms with van der Waals surface area (Å²) in [6.45, 7) is 0.410. The Hall–Kier alpha value is -2.92. The molecule has 0 aromatic heterocycles. The van der Waals surface area contributed by atoms with Crippen LogP contribution in [0.25, 0.3) is 0 Å². The first kappa shape index (κ1) is 21.3. The summed E-state index contributed by atoms with van der Waals surface area (Å²) in [4.78, 5) is 15.5. The third-order valence-corrected chi connectivity index (χ3v) is 7.63. The summed E-state index contributed by atoms with van der Waals surface area (Å²) in [7, 11) is -3.10. The molecule has 1 saturated heterocycles. The number of hydrogen-bond acceptors (Lipinski definition) is 3. The Balaban J connectivity index is 1.60. The number of sulfone groups is 1. The first-order valence-corrected chi connectivity index (χ1v) is 12.5. The Kier molecular flexibility index (Phi) is 6.52. The minimum atomic E-state index is -3.10. The van der Waals surface area contributed by atoms with Gasteiger partial charge in [-0.15, -0.1) is 0 Å². The average molecular weight is 434 g/mol. The van der Waals surface area contributed by atoms with Gasteiger partial charge < -0.3 is 4.90 Å². The number of aryl methyl sites for hydroxylation is 2. The second-order valence-electron chi connectivity index (χ2n) is 8.12. The molecule has 4 nitrogen and oxygen atoms in total. The maximum Gasteiger partial charge on any atom is 0.254 e. The van der Waals surface area contributed by atoms with Crippen molar-refractivity contribution in [3.63, 3.8) is 0 Å². The predicted octanol–water partition coefficient (Wildman–Crippen LogP) is 4.30. The lowest BCUT2D eigenvalue weighted by molar-refractivity contribution is 0.0680. The molecule has 0 radical (unpaired) electrons. The van der Waals surface area contributed by atoms with E-state index in [4.69, 9.17) is 0 Å². The molecular weight excluding hydrogens is 406 g/mol. The quantitative estimate of drug-likeness (QED) is 0.558. The lowest BCUT2D eigenvalue weighted by Crippen LogP contribution is -2.41. The van der Waals surface area contributed by atoms with Crippen LogP contribution in [0.2, 0.25) is 0 Å². The third-order valence-electron chi connectivity index (χ3n) is 5.88. The molecule has 1 atom stereocenters. The van der Waals surface area contributed by atoms with Gasteiger partial charge in [-0.2, -0.15) is 0 Å². The maximum atomic E-state index is 13.7. The van der Waals surface area contributed by atoms with Crippen LogP contribution in [0.15, 0.2) is 84.9 Å². The molecule has 1 unspecified atom stereocenters. The van der Waals surface area contributed by atoms with Gasteiger partial charge >= 0.3 is 0 Å². The molecule has 3 aromatic carbocycles. The van der Waals surface area contributed by atoms with Gasteiger partial charge in [0, 0.05) is 18.2 Å². The van der Waals surface area contributed by atoms with Gasteiger partial charge in [-0.05, 0) is 42.0 Å². The van der Waals surface area contributed by atoms with E-state index in [2.05, 4.69) is 12.1 Å². The van der Waals surface area contributed by atoms with E-state index in [0.29, 0.717) is 18.5 Å². The van der Waals surface area contributed by atoms with Gasteiger partial charge in [-0.3, -0.25) is 4.79 Å². The van der Waals surface area contributed by atoms with Crippen LogP contribution in [0.4, 0.5) is 0 Å². The highest BCUT2D eigenvalue weighted by molar-refractivity contribution is 7.91. The molecule has 4 rings (SSSR count). The molecule has 1 aliphatic heterocycles. The molecule has 160 valence electrons. The molecule has 0 bridgehead atoms. The predicted molar refractivity (Wildman–Crippen MR) is 124 cm³/mol. The third kappa shape index (κ3) is 5.42. The van der Waals surface area contributed by atoms with E-state index in [-0.39, 0.29) is 23.5 Å². The van der Waals surface area contributed by atoms with Crippen molar-refractivity contribution < 1.29 is 13.2 Å². The Morgan fingerprint density at radius 2 is 1.42 bits per heavy atom. The van der Waals surface area contributed by atoms with Crippen LogP contribution >= 0.6 is 0 Å². The summed E-state index contributed by atoms with van der Waals surface area (Å²) in [5, 5.41) is 0. The van der Waals surface area contributed by atoms with Crippen molar-refractivity contribution in [3.05, 3.63) is 107 Å². The van der Waals surface area contributed by atoms with Crippen molar-refractivity contribution in [2.45, 2.75) is 31.8 Å². The zero-order chi connectivity index (χ0) is 21.7. The average Bonchev–Trinajstić information content (AvgIpc) is 3.16. The van der Waals surface area contributed by atoms with Crippen LogP contribution < -0.4 is 0 Å². The molecule has 3 aromatic rings. The van der Waals surface area contributed by atoms with Crippen LogP contribution in [0.1, 0.15) is 33.5 Å². The van der Waals surface area contributed by atoms with Crippen LogP contribution in [-0.2, 0) is 29.2 Å². The number of hydrogen-bond donors (Lipinski definition) is 0. The number of nitrogens with zero attached hydrogens (tertiary/aromatic N) is 1. The Morgan fingerprint density at radius 1 is 0.806 bits per heavy atom. The van der Waals surface area contributed by atoms with Gasteiger partial charge in [0.2, 0.25) is 0 Å². The second-order valence-corrected chi connectivity index (χ2v) is 10.3. The molecule has 1 heterocycles. The number of amides is 1. The van der Waals surface area contributed by atoms with Crippen LogP contribution in [0.5, 0.6) is 0 Å². The molecule has 1 amide bonds. The molecule has 31 heavy (non-hydrogen) atoms. The van der Waals surface area contributed by atoms with Crippen molar-refractivity contribution in [2.24, 2.45) is 0 Å². The van der Waals surface area contributed by atoms with Gasteiger partial charge in [-0.25, -0.2) is 8.42 Å². The van der Waals surface area contributed by atoms with Crippen molar-refractivity contribution in [1.29, 1.82) is 0 Å². The molecule has 0 N–H and O–H groups in total. The standard InChI is InChI=1S/C26H27NO3S/c28-26(25-14-8-7-13-23(25)16-15-21-9-3-1-4-10-21)27(19-22-11-5-2-6-12-22)24-17-18-31(29,30)20-24/h1-14,24H,15-20H2. The summed E-state index contributed by atoms with van der Waals surface area (Å²) in [5.74, 6) is 0.0959. The number of rotatable bonds is 7. The fourth-order valence-corrected chi connectivity index (χ4v) is 5.92. The molecular formula is C26H27NO3S. The summed E-state index contributed by atoms with van der Waals surface area (Å²) in [5.41, 5.74) is 3.89. The van der Waals surface area contributed by atoms with Gasteiger partial charge in [0.15, 0.2) is 9.84 Å². The number of benzene rings is 3. The molecule has 0 spiro atoms. The van der Waals surface area contributed by atoms with E-state index < -0.39 is 9.84 Å². The molecule has 1 fully saturated rings. The maximum absolute atomic E-state index is 13.7. The Morgan fingerprint density at radius 3 is 2.06 bits per heavy atom. The summed E-state index contributed by atoms with van der Waals surface area (Å²) < 4.78 is 24.3. The zero-order valence-corrected chi connectivity index (χ0v) is 18.3. The van der Waals surface area contributed by atoms with Crippen molar-refractivity contribution in [3.8, 4) is 0 Å². The largest absolute Gasteiger partial charge is 0.330 e. The van der Waals surface area contributed by atoms with Gasteiger partial charge in [0.1, 0.15) is 0 Å². The zero-order valence-electron chi connectivity index (χ0n) is 17.5.